The van der Waals surface area contributed by atoms with Gasteiger partial charge < -0.3 is 9.42 Å². The number of aryl methyl sites for hydroxylation is 3. The predicted molar refractivity (Wildman–Crippen MR) is 115 cm³/mol. The molecule has 0 saturated heterocycles. The highest BCUT2D eigenvalue weighted by molar-refractivity contribution is 6.31. The molecule has 0 radical (unpaired) electrons. The Morgan fingerprint density at radius 3 is 2.73 bits per heavy atom. The van der Waals surface area contributed by atoms with Crippen molar-refractivity contribution >= 4 is 17.5 Å². The van der Waals surface area contributed by atoms with Crippen LogP contribution < -0.4 is 0 Å². The molecule has 1 amide bonds. The third-order valence-electron chi connectivity index (χ3n) is 5.17. The van der Waals surface area contributed by atoms with Crippen molar-refractivity contribution in [3.05, 3.63) is 63.5 Å². The molecule has 0 bridgehead atoms. The molecule has 0 unspecified atom stereocenters. The Kier molecular flexibility index (Phi) is 7.26. The second-order valence-corrected chi connectivity index (χ2v) is 7.91. The Bertz CT molecular complexity index is 1010. The molecule has 0 N–H and O–H groups in total. The van der Waals surface area contributed by atoms with E-state index < -0.39 is 0 Å². The maximum absolute atomic E-state index is 12.6. The summed E-state index contributed by atoms with van der Waals surface area (Å²) < 4.78 is 7.16. The SMILES string of the molecule is CCCc1noc(CCC(=O)N(C)Cc2c(C)nn(Cc3ccccc3Cl)c2C)n1. The minimum absolute atomic E-state index is 0.0305. The van der Waals surface area contributed by atoms with E-state index in [0.717, 1.165) is 40.4 Å². The third kappa shape index (κ3) is 5.27. The second kappa shape index (κ2) is 9.89. The first-order valence-corrected chi connectivity index (χ1v) is 10.6. The molecule has 1 aromatic carbocycles. The van der Waals surface area contributed by atoms with Crippen LogP contribution in [0.2, 0.25) is 5.02 Å². The zero-order chi connectivity index (χ0) is 21.7. The van der Waals surface area contributed by atoms with Gasteiger partial charge in [-0.25, -0.2) is 0 Å². The smallest absolute Gasteiger partial charge is 0.227 e. The highest BCUT2D eigenvalue weighted by atomic mass is 35.5. The summed E-state index contributed by atoms with van der Waals surface area (Å²) in [5.41, 5.74) is 4.03. The quantitative estimate of drug-likeness (QED) is 0.511. The Morgan fingerprint density at radius 2 is 2.00 bits per heavy atom. The molecule has 0 aliphatic rings. The van der Waals surface area contributed by atoms with E-state index in [9.17, 15) is 4.79 Å². The number of carbonyl (C=O) groups excluding carboxylic acids is 1. The molecule has 0 fully saturated rings. The molecule has 0 aliphatic heterocycles. The molecule has 0 aliphatic carbocycles. The molecule has 0 saturated carbocycles. The summed E-state index contributed by atoms with van der Waals surface area (Å²) >= 11 is 6.29. The summed E-state index contributed by atoms with van der Waals surface area (Å²) in [5.74, 6) is 1.24. The van der Waals surface area contributed by atoms with Crippen molar-refractivity contribution < 1.29 is 9.32 Å². The summed E-state index contributed by atoms with van der Waals surface area (Å²) in [7, 11) is 1.81. The Morgan fingerprint density at radius 1 is 1.23 bits per heavy atom. The maximum atomic E-state index is 12.6. The summed E-state index contributed by atoms with van der Waals surface area (Å²) in [6.07, 6.45) is 2.53. The van der Waals surface area contributed by atoms with Crippen molar-refractivity contribution in [2.24, 2.45) is 0 Å². The van der Waals surface area contributed by atoms with Gasteiger partial charge in [0, 0.05) is 49.1 Å². The van der Waals surface area contributed by atoms with Gasteiger partial charge in [-0.1, -0.05) is 41.9 Å². The fourth-order valence-corrected chi connectivity index (χ4v) is 3.55. The first-order valence-electron chi connectivity index (χ1n) is 10.2. The Balaban J connectivity index is 1.61. The van der Waals surface area contributed by atoms with Crippen molar-refractivity contribution in [2.45, 2.75) is 59.5 Å². The fourth-order valence-electron chi connectivity index (χ4n) is 3.35. The van der Waals surface area contributed by atoms with Gasteiger partial charge in [-0.05, 0) is 31.9 Å². The average Bonchev–Trinajstić information content (AvgIpc) is 3.27. The summed E-state index contributed by atoms with van der Waals surface area (Å²) in [6, 6.07) is 7.76. The second-order valence-electron chi connectivity index (χ2n) is 7.50. The lowest BCUT2D eigenvalue weighted by Gasteiger charge is -2.17. The number of rotatable bonds is 9. The lowest BCUT2D eigenvalue weighted by Crippen LogP contribution is -2.27. The van der Waals surface area contributed by atoms with E-state index in [1.807, 2.05) is 49.8 Å². The van der Waals surface area contributed by atoms with E-state index in [0.29, 0.717) is 37.6 Å². The Hall–Kier alpha value is -2.67. The van der Waals surface area contributed by atoms with Crippen molar-refractivity contribution in [3.63, 3.8) is 0 Å². The van der Waals surface area contributed by atoms with Crippen molar-refractivity contribution in [3.8, 4) is 0 Å². The molecule has 2 heterocycles. The van der Waals surface area contributed by atoms with E-state index in [-0.39, 0.29) is 5.91 Å². The number of aromatic nitrogens is 4. The van der Waals surface area contributed by atoms with E-state index in [4.69, 9.17) is 16.1 Å². The van der Waals surface area contributed by atoms with Gasteiger partial charge in [0.2, 0.25) is 11.8 Å². The van der Waals surface area contributed by atoms with Crippen LogP contribution in [0.5, 0.6) is 0 Å². The van der Waals surface area contributed by atoms with Crippen LogP contribution in [-0.2, 0) is 30.7 Å². The van der Waals surface area contributed by atoms with Gasteiger partial charge in [0.05, 0.1) is 12.2 Å². The topological polar surface area (TPSA) is 77.0 Å². The van der Waals surface area contributed by atoms with Crippen molar-refractivity contribution in [1.29, 1.82) is 0 Å². The summed E-state index contributed by atoms with van der Waals surface area (Å²) in [6.45, 7) is 7.16. The number of benzene rings is 1. The number of carbonyl (C=O) groups is 1. The van der Waals surface area contributed by atoms with Gasteiger partial charge in [-0.3, -0.25) is 9.48 Å². The molecular formula is C22H28ClN5O2. The highest BCUT2D eigenvalue weighted by Crippen LogP contribution is 2.20. The van der Waals surface area contributed by atoms with Gasteiger partial charge >= 0.3 is 0 Å². The number of amides is 1. The lowest BCUT2D eigenvalue weighted by molar-refractivity contribution is -0.130. The van der Waals surface area contributed by atoms with Crippen LogP contribution in [0.15, 0.2) is 28.8 Å². The molecular weight excluding hydrogens is 402 g/mol. The standard InChI is InChI=1S/C22H28ClN5O2/c1-5-8-20-24-21(30-26-20)11-12-22(29)27(4)14-18-15(2)25-28(16(18)3)13-17-9-6-7-10-19(17)23/h6-7,9-10H,5,8,11-14H2,1-4H3. The average molecular weight is 430 g/mol. The van der Waals surface area contributed by atoms with Crippen LogP contribution in [0.25, 0.3) is 0 Å². The van der Waals surface area contributed by atoms with Crippen molar-refractivity contribution in [1.82, 2.24) is 24.8 Å². The molecule has 7 nitrogen and oxygen atoms in total. The molecule has 0 spiro atoms. The normalized spacial score (nSPS) is 11.1. The van der Waals surface area contributed by atoms with Crippen LogP contribution in [0.1, 0.15) is 54.0 Å². The van der Waals surface area contributed by atoms with E-state index in [1.54, 1.807) is 4.90 Å². The van der Waals surface area contributed by atoms with Gasteiger partial charge in [-0.15, -0.1) is 0 Å². The molecule has 3 rings (SSSR count). The molecule has 8 heteroatoms. The number of nitrogens with zero attached hydrogens (tertiary/aromatic N) is 5. The highest BCUT2D eigenvalue weighted by Gasteiger charge is 2.18. The monoisotopic (exact) mass is 429 g/mol. The van der Waals surface area contributed by atoms with Crippen LogP contribution in [-0.4, -0.2) is 37.8 Å². The summed E-state index contributed by atoms with van der Waals surface area (Å²) in [4.78, 5) is 18.7. The van der Waals surface area contributed by atoms with Crippen LogP contribution >= 0.6 is 11.6 Å². The van der Waals surface area contributed by atoms with E-state index >= 15 is 0 Å². The molecule has 0 atom stereocenters. The Labute approximate surface area is 182 Å². The maximum Gasteiger partial charge on any atom is 0.227 e. The molecule has 3 aromatic rings. The van der Waals surface area contributed by atoms with Crippen molar-refractivity contribution in [2.75, 3.05) is 7.05 Å². The van der Waals surface area contributed by atoms with E-state index in [1.165, 1.54) is 0 Å². The molecule has 160 valence electrons. The summed E-state index contributed by atoms with van der Waals surface area (Å²) in [5, 5.41) is 9.32. The largest absolute Gasteiger partial charge is 0.341 e. The zero-order valence-electron chi connectivity index (χ0n) is 18.0. The molecule has 2 aromatic heterocycles. The minimum atomic E-state index is 0.0305. The fraction of sp³-hybridized carbons (Fsp3) is 0.455. The predicted octanol–water partition coefficient (Wildman–Crippen LogP) is 4.13. The minimum Gasteiger partial charge on any atom is -0.341 e. The van der Waals surface area contributed by atoms with Crippen LogP contribution in [0.4, 0.5) is 0 Å². The number of hydrogen-bond acceptors (Lipinski definition) is 5. The van der Waals surface area contributed by atoms with Gasteiger partial charge in [0.15, 0.2) is 5.82 Å². The van der Waals surface area contributed by atoms with E-state index in [2.05, 4.69) is 22.2 Å². The number of hydrogen-bond donors (Lipinski definition) is 0. The molecule has 30 heavy (non-hydrogen) atoms. The first-order chi connectivity index (χ1) is 14.4. The first kappa shape index (κ1) is 22.0. The van der Waals surface area contributed by atoms with Crippen LogP contribution in [0.3, 0.4) is 0 Å². The van der Waals surface area contributed by atoms with Gasteiger partial charge in [0.25, 0.3) is 0 Å². The van der Waals surface area contributed by atoms with Gasteiger partial charge in [0.1, 0.15) is 0 Å². The van der Waals surface area contributed by atoms with Gasteiger partial charge in [-0.2, -0.15) is 10.1 Å². The van der Waals surface area contributed by atoms with Crippen LogP contribution in [0, 0.1) is 13.8 Å². The number of halogens is 1. The lowest BCUT2D eigenvalue weighted by atomic mass is 10.1. The zero-order valence-corrected chi connectivity index (χ0v) is 18.7. The third-order valence-corrected chi connectivity index (χ3v) is 5.54.